The molecule has 2 N–H and O–H groups in total. The van der Waals surface area contributed by atoms with Crippen LogP contribution in [0.3, 0.4) is 0 Å². The number of halogens is 1. The van der Waals surface area contributed by atoms with E-state index in [1.807, 2.05) is 0 Å². The van der Waals surface area contributed by atoms with Crippen LogP contribution in [0.1, 0.15) is 22.5 Å². The number of pyridine rings is 1. The Kier molecular flexibility index (Phi) is 6.74. The largest absolute Gasteiger partial charge is 0.464 e. The number of rotatable bonds is 6. The molecule has 0 spiro atoms. The van der Waals surface area contributed by atoms with E-state index in [2.05, 4.69) is 21.9 Å². The molecule has 3 aromatic rings. The highest BCUT2D eigenvalue weighted by Crippen LogP contribution is 2.22. The van der Waals surface area contributed by atoms with E-state index < -0.39 is 17.9 Å². The number of fused-ring (bicyclic) bond motifs is 1. The minimum atomic E-state index is -0.927. The molecule has 3 rings (SSSR count). The van der Waals surface area contributed by atoms with E-state index in [1.165, 1.54) is 23.9 Å². The maximum Gasteiger partial charge on any atom is 0.359 e. The first-order chi connectivity index (χ1) is 14.4. The summed E-state index contributed by atoms with van der Waals surface area (Å²) in [4.78, 5) is 17.9. The number of methoxy groups -OCH3 is 1. The molecule has 0 aliphatic carbocycles. The smallest absolute Gasteiger partial charge is 0.359 e. The molecule has 0 fully saturated rings. The van der Waals surface area contributed by atoms with Crippen molar-refractivity contribution >= 4 is 17.0 Å². The average molecular weight is 412 g/mol. The molecule has 1 aromatic carbocycles. The molecule has 0 aliphatic rings. The van der Waals surface area contributed by atoms with Crippen LogP contribution in [-0.2, 0) is 4.74 Å². The molecule has 30 heavy (non-hydrogen) atoms. The number of aliphatic hydroxyl groups excluding tert-OH is 2. The Labute approximate surface area is 172 Å². The van der Waals surface area contributed by atoms with Crippen LogP contribution in [0.4, 0.5) is 4.39 Å². The van der Waals surface area contributed by atoms with Gasteiger partial charge in [0.1, 0.15) is 11.9 Å². The van der Waals surface area contributed by atoms with Crippen LogP contribution in [0, 0.1) is 17.7 Å². The first kappa shape index (κ1) is 21.4. The van der Waals surface area contributed by atoms with E-state index in [0.717, 1.165) is 0 Å². The van der Waals surface area contributed by atoms with Crippen LogP contribution in [0.5, 0.6) is 0 Å². The highest BCUT2D eigenvalue weighted by Gasteiger charge is 2.19. The minimum absolute atomic E-state index is 0.0703. The summed E-state index contributed by atoms with van der Waals surface area (Å²) in [5.74, 6) is 4.24. The summed E-state index contributed by atoms with van der Waals surface area (Å²) < 4.78 is 20.4. The lowest BCUT2D eigenvalue weighted by Gasteiger charge is -2.13. The molecule has 156 valence electrons. The maximum atomic E-state index is 14.3. The molecule has 0 radical (unpaired) electrons. The fourth-order valence-corrected chi connectivity index (χ4v) is 2.80. The van der Waals surface area contributed by atoms with Gasteiger partial charge >= 0.3 is 5.97 Å². The van der Waals surface area contributed by atoms with Gasteiger partial charge in [0.2, 0.25) is 0 Å². The highest BCUT2D eigenvalue weighted by molar-refractivity contribution is 6.01. The summed E-state index contributed by atoms with van der Waals surface area (Å²) in [5.41, 5.74) is 1.10. The van der Waals surface area contributed by atoms with E-state index in [1.54, 1.807) is 36.3 Å². The van der Waals surface area contributed by atoms with Crippen molar-refractivity contribution in [1.82, 2.24) is 19.7 Å². The Morgan fingerprint density at radius 1 is 1.40 bits per heavy atom. The molecule has 1 unspecified atom stereocenters. The Bertz CT molecular complexity index is 1120. The van der Waals surface area contributed by atoms with Gasteiger partial charge in [-0.1, -0.05) is 11.8 Å². The number of nitrogens with zero attached hydrogens (tertiary/aromatic N) is 4. The third kappa shape index (κ3) is 4.80. The standard InChI is InChI=1S/C21H21FN4O4/c1-25(13-27)9-7-17(28)6-5-14-10-15(22)12-16(11-14)26-20-18(4-3-8-23-20)19(24-26)21(29)30-2/h3-4,8,10-12,17,27-28H,7,9,13H2,1-2H3. The van der Waals surface area contributed by atoms with E-state index in [9.17, 15) is 14.3 Å². The summed E-state index contributed by atoms with van der Waals surface area (Å²) in [6.07, 6.45) is 0.952. The molecular weight excluding hydrogens is 391 g/mol. The van der Waals surface area contributed by atoms with Crippen LogP contribution in [0.15, 0.2) is 36.5 Å². The number of ether oxygens (including phenoxy) is 1. The predicted octanol–water partition coefficient (Wildman–Crippen LogP) is 1.33. The minimum Gasteiger partial charge on any atom is -0.464 e. The van der Waals surface area contributed by atoms with Crippen LogP contribution in [0.2, 0.25) is 0 Å². The third-order valence-electron chi connectivity index (χ3n) is 4.36. The van der Waals surface area contributed by atoms with Gasteiger partial charge in [-0.2, -0.15) is 5.10 Å². The first-order valence-electron chi connectivity index (χ1n) is 9.15. The normalized spacial score (nSPS) is 11.9. The molecule has 0 aliphatic heterocycles. The lowest BCUT2D eigenvalue weighted by atomic mass is 10.1. The van der Waals surface area contributed by atoms with Gasteiger partial charge < -0.3 is 14.9 Å². The second-order valence-electron chi connectivity index (χ2n) is 6.62. The van der Waals surface area contributed by atoms with Gasteiger partial charge in [0.05, 0.1) is 24.9 Å². The number of carbonyl (C=O) groups is 1. The van der Waals surface area contributed by atoms with Gasteiger partial charge in [-0.05, 0) is 43.8 Å². The fourth-order valence-electron chi connectivity index (χ4n) is 2.80. The van der Waals surface area contributed by atoms with Crippen molar-refractivity contribution in [2.24, 2.45) is 0 Å². The zero-order valence-corrected chi connectivity index (χ0v) is 16.5. The molecule has 0 amide bonds. The van der Waals surface area contributed by atoms with Gasteiger partial charge in [0, 0.05) is 18.3 Å². The van der Waals surface area contributed by atoms with Gasteiger partial charge in [0.15, 0.2) is 11.3 Å². The quantitative estimate of drug-likeness (QED) is 0.358. The maximum absolute atomic E-state index is 14.3. The SMILES string of the molecule is COC(=O)c1nn(-c2cc(F)cc(C#CC(O)CCN(C)CO)c2)c2ncccc12. The second kappa shape index (κ2) is 9.45. The van der Waals surface area contributed by atoms with E-state index in [4.69, 9.17) is 9.84 Å². The Hall–Kier alpha value is -3.32. The van der Waals surface area contributed by atoms with Crippen molar-refractivity contribution in [2.45, 2.75) is 12.5 Å². The number of esters is 1. The van der Waals surface area contributed by atoms with Gasteiger partial charge in [0.25, 0.3) is 0 Å². The zero-order valence-electron chi connectivity index (χ0n) is 16.5. The van der Waals surface area contributed by atoms with Gasteiger partial charge in [-0.3, -0.25) is 4.90 Å². The summed E-state index contributed by atoms with van der Waals surface area (Å²) in [6.45, 7) is 0.342. The number of hydrogen-bond donors (Lipinski definition) is 2. The molecule has 1 atom stereocenters. The molecule has 0 saturated carbocycles. The summed E-state index contributed by atoms with van der Waals surface area (Å²) in [5, 5.41) is 23.7. The number of carbonyl (C=O) groups excluding carboxylic acids is 1. The summed E-state index contributed by atoms with van der Waals surface area (Å²) >= 11 is 0. The van der Waals surface area contributed by atoms with Crippen LogP contribution >= 0.6 is 0 Å². The summed E-state index contributed by atoms with van der Waals surface area (Å²) in [7, 11) is 2.97. The topological polar surface area (TPSA) is 101 Å². The van der Waals surface area contributed by atoms with Crippen LogP contribution < -0.4 is 0 Å². The molecule has 0 bridgehead atoms. The number of aromatic nitrogens is 3. The highest BCUT2D eigenvalue weighted by atomic mass is 19.1. The third-order valence-corrected chi connectivity index (χ3v) is 4.36. The molecule has 0 saturated heterocycles. The fraction of sp³-hybridized carbons (Fsp3) is 0.286. The first-order valence-corrected chi connectivity index (χ1v) is 9.15. The lowest BCUT2D eigenvalue weighted by Crippen LogP contribution is -2.23. The molecule has 9 heteroatoms. The number of hydrogen-bond acceptors (Lipinski definition) is 7. The Balaban J connectivity index is 1.95. The number of aliphatic hydroxyl groups is 2. The van der Waals surface area contributed by atoms with Gasteiger partial charge in [-0.25, -0.2) is 18.9 Å². The van der Waals surface area contributed by atoms with Gasteiger partial charge in [-0.15, -0.1) is 0 Å². The van der Waals surface area contributed by atoms with Crippen molar-refractivity contribution in [3.8, 4) is 17.5 Å². The Morgan fingerprint density at radius 3 is 2.93 bits per heavy atom. The average Bonchev–Trinajstić information content (AvgIpc) is 3.15. The lowest BCUT2D eigenvalue weighted by molar-refractivity contribution is 0.0595. The molecular formula is C21H21FN4O4. The Morgan fingerprint density at radius 2 is 2.20 bits per heavy atom. The van der Waals surface area contributed by atoms with E-state index >= 15 is 0 Å². The molecule has 2 heterocycles. The molecule has 2 aromatic heterocycles. The van der Waals surface area contributed by atoms with Crippen molar-refractivity contribution in [3.05, 3.63) is 53.6 Å². The van der Waals surface area contributed by atoms with E-state index in [0.29, 0.717) is 35.2 Å². The van der Waals surface area contributed by atoms with Crippen molar-refractivity contribution in [3.63, 3.8) is 0 Å². The van der Waals surface area contributed by atoms with Crippen LogP contribution in [-0.4, -0.2) is 69.4 Å². The second-order valence-corrected chi connectivity index (χ2v) is 6.62. The molecule has 8 nitrogen and oxygen atoms in total. The van der Waals surface area contributed by atoms with Crippen molar-refractivity contribution in [1.29, 1.82) is 0 Å². The van der Waals surface area contributed by atoms with Crippen molar-refractivity contribution in [2.75, 3.05) is 27.4 Å². The predicted molar refractivity (Wildman–Crippen MR) is 107 cm³/mol. The summed E-state index contributed by atoms with van der Waals surface area (Å²) in [6, 6.07) is 7.42. The van der Waals surface area contributed by atoms with Crippen molar-refractivity contribution < 1.29 is 24.1 Å². The monoisotopic (exact) mass is 412 g/mol. The number of benzene rings is 1. The zero-order chi connectivity index (χ0) is 21.7. The van der Waals surface area contributed by atoms with Crippen LogP contribution in [0.25, 0.3) is 16.7 Å². The van der Waals surface area contributed by atoms with E-state index in [-0.39, 0.29) is 12.4 Å².